The minimum atomic E-state index is -0.478. The normalized spacial score (nSPS) is 11.0. The zero-order valence-electron chi connectivity index (χ0n) is 19.0. The van der Waals surface area contributed by atoms with Crippen molar-refractivity contribution in [2.75, 3.05) is 7.11 Å². The molecule has 0 spiro atoms. The Balaban J connectivity index is 1.53. The van der Waals surface area contributed by atoms with E-state index in [1.54, 1.807) is 13.0 Å². The zero-order chi connectivity index (χ0) is 24.2. The fourth-order valence-electron chi connectivity index (χ4n) is 3.38. The van der Waals surface area contributed by atoms with E-state index >= 15 is 0 Å². The van der Waals surface area contributed by atoms with Gasteiger partial charge in [0.1, 0.15) is 27.9 Å². The molecule has 1 aromatic carbocycles. The Hall–Kier alpha value is -3.44. The van der Waals surface area contributed by atoms with Gasteiger partial charge >= 0.3 is 5.97 Å². The first-order valence-corrected chi connectivity index (χ1v) is 12.2. The van der Waals surface area contributed by atoms with Gasteiger partial charge in [0.15, 0.2) is 11.0 Å². The summed E-state index contributed by atoms with van der Waals surface area (Å²) >= 11 is 2.54. The van der Waals surface area contributed by atoms with Gasteiger partial charge in [-0.25, -0.2) is 9.78 Å². The van der Waals surface area contributed by atoms with Gasteiger partial charge in [-0.1, -0.05) is 30.0 Å². The average Bonchev–Trinajstić information content (AvgIpc) is 3.36. The third-order valence-corrected chi connectivity index (χ3v) is 7.16. The smallest absolute Gasteiger partial charge is 0.348 e. The molecule has 176 valence electrons. The number of esters is 1. The predicted molar refractivity (Wildman–Crippen MR) is 132 cm³/mol. The molecule has 0 bridgehead atoms. The van der Waals surface area contributed by atoms with Crippen molar-refractivity contribution in [1.29, 1.82) is 0 Å². The van der Waals surface area contributed by atoms with Crippen LogP contribution in [0.15, 0.2) is 46.9 Å². The highest BCUT2D eigenvalue weighted by Gasteiger charge is 2.20. The maximum Gasteiger partial charge on any atom is 0.348 e. The third kappa shape index (κ3) is 4.90. The number of aromatic nitrogens is 5. The number of ether oxygens (including phenoxy) is 2. The van der Waals surface area contributed by atoms with Crippen LogP contribution < -0.4 is 10.3 Å². The fourth-order valence-corrected chi connectivity index (χ4v) is 5.33. The monoisotopic (exact) mass is 497 g/mol. The highest BCUT2D eigenvalue weighted by atomic mass is 32.2. The molecule has 0 radical (unpaired) electrons. The first-order chi connectivity index (χ1) is 16.4. The number of fused-ring (bicyclic) bond motifs is 1. The topological polar surface area (TPSA) is 112 Å². The number of H-pyrrole nitrogens is 1. The molecule has 0 aliphatic heterocycles. The molecular weight excluding hydrogens is 474 g/mol. The van der Waals surface area contributed by atoms with Gasteiger partial charge in [-0.05, 0) is 37.1 Å². The lowest BCUT2D eigenvalue weighted by atomic mass is 10.2. The summed E-state index contributed by atoms with van der Waals surface area (Å²) in [5.41, 5.74) is 1.40. The predicted octanol–water partition coefficient (Wildman–Crippen LogP) is 4.04. The number of nitrogens with one attached hydrogen (secondary N) is 1. The third-order valence-electron chi connectivity index (χ3n) is 5.02. The number of hydrogen-bond donors (Lipinski definition) is 1. The molecule has 9 nitrogen and oxygen atoms in total. The number of thioether (sulfide) groups is 1. The van der Waals surface area contributed by atoms with E-state index in [-0.39, 0.29) is 12.2 Å². The number of aryl methyl sites for hydroxylation is 2. The Morgan fingerprint density at radius 1 is 1.32 bits per heavy atom. The van der Waals surface area contributed by atoms with Crippen LogP contribution in [0.2, 0.25) is 0 Å². The van der Waals surface area contributed by atoms with Crippen LogP contribution in [0.3, 0.4) is 0 Å². The second-order valence-electron chi connectivity index (χ2n) is 7.43. The van der Waals surface area contributed by atoms with Crippen molar-refractivity contribution in [3.05, 3.63) is 74.9 Å². The molecule has 0 saturated carbocycles. The number of carbonyl (C=O) groups excluding carboxylic acids is 1. The van der Waals surface area contributed by atoms with Crippen LogP contribution in [-0.4, -0.2) is 37.8 Å². The van der Waals surface area contributed by atoms with Crippen molar-refractivity contribution in [2.24, 2.45) is 0 Å². The van der Waals surface area contributed by atoms with E-state index in [1.165, 1.54) is 18.9 Å². The summed E-state index contributed by atoms with van der Waals surface area (Å²) in [6.07, 6.45) is 1.76. The number of rotatable bonds is 9. The van der Waals surface area contributed by atoms with Crippen LogP contribution in [-0.2, 0) is 23.6 Å². The van der Waals surface area contributed by atoms with E-state index < -0.39 is 5.97 Å². The SMILES string of the molecule is C=CCn1c(COc2cccc(C)c2)nnc1SCc1nc2sc(C(=O)OC)c(C)c2c(=O)[nH]1. The zero-order valence-corrected chi connectivity index (χ0v) is 20.6. The molecular formula is C23H23N5O4S2. The number of hydrogen-bond acceptors (Lipinski definition) is 9. The molecule has 3 heterocycles. The Bertz CT molecular complexity index is 1420. The van der Waals surface area contributed by atoms with Gasteiger partial charge in [0.25, 0.3) is 5.56 Å². The minimum Gasteiger partial charge on any atom is -0.486 e. The highest BCUT2D eigenvalue weighted by molar-refractivity contribution is 7.98. The molecule has 0 aliphatic rings. The first kappa shape index (κ1) is 23.7. The summed E-state index contributed by atoms with van der Waals surface area (Å²) in [5, 5.41) is 9.62. The molecule has 0 atom stereocenters. The van der Waals surface area contributed by atoms with E-state index in [2.05, 4.69) is 26.7 Å². The van der Waals surface area contributed by atoms with Crippen LogP contribution in [0.5, 0.6) is 5.75 Å². The summed E-state index contributed by atoms with van der Waals surface area (Å²) < 4.78 is 12.6. The standard InChI is InChI=1S/C23H23N5O4S2/c1-5-9-28-17(11-32-15-8-6-7-13(2)10-15)26-27-23(28)33-12-16-24-20(29)18-14(3)19(22(30)31-4)34-21(18)25-16/h5-8,10H,1,9,11-12H2,2-4H3,(H,24,25,29). The van der Waals surface area contributed by atoms with Gasteiger partial charge in [-0.2, -0.15) is 0 Å². The van der Waals surface area contributed by atoms with Crippen LogP contribution in [0, 0.1) is 13.8 Å². The van der Waals surface area contributed by atoms with Crippen molar-refractivity contribution in [1.82, 2.24) is 24.7 Å². The molecule has 34 heavy (non-hydrogen) atoms. The molecule has 0 unspecified atom stereocenters. The van der Waals surface area contributed by atoms with E-state index in [0.29, 0.717) is 49.8 Å². The lowest BCUT2D eigenvalue weighted by molar-refractivity contribution is 0.0605. The quantitative estimate of drug-likeness (QED) is 0.210. The van der Waals surface area contributed by atoms with Gasteiger partial charge in [0, 0.05) is 6.54 Å². The van der Waals surface area contributed by atoms with Gasteiger partial charge in [0.2, 0.25) is 0 Å². The second-order valence-corrected chi connectivity index (χ2v) is 9.37. The maximum atomic E-state index is 12.7. The Morgan fingerprint density at radius 3 is 2.88 bits per heavy atom. The molecule has 0 saturated heterocycles. The van der Waals surface area contributed by atoms with Gasteiger partial charge in [0.05, 0.1) is 18.2 Å². The summed E-state index contributed by atoms with van der Waals surface area (Å²) in [6.45, 7) is 8.31. The number of methoxy groups -OCH3 is 1. The lowest BCUT2D eigenvalue weighted by Crippen LogP contribution is -2.11. The van der Waals surface area contributed by atoms with Crippen molar-refractivity contribution in [3.8, 4) is 5.75 Å². The Labute approximate surface area is 203 Å². The van der Waals surface area contributed by atoms with Gasteiger partial charge in [-0.15, -0.1) is 28.1 Å². The molecule has 1 N–H and O–H groups in total. The minimum absolute atomic E-state index is 0.261. The Kier molecular flexibility index (Phi) is 7.13. The number of thiophene rings is 1. The number of benzene rings is 1. The molecule has 4 rings (SSSR count). The summed E-state index contributed by atoms with van der Waals surface area (Å²) in [4.78, 5) is 32.9. The average molecular weight is 498 g/mol. The highest BCUT2D eigenvalue weighted by Crippen LogP contribution is 2.28. The maximum absolute atomic E-state index is 12.7. The second kappa shape index (κ2) is 10.2. The van der Waals surface area contributed by atoms with E-state index in [0.717, 1.165) is 22.6 Å². The van der Waals surface area contributed by atoms with Crippen LogP contribution in [0.4, 0.5) is 0 Å². The van der Waals surface area contributed by atoms with Gasteiger partial charge in [-0.3, -0.25) is 9.36 Å². The van der Waals surface area contributed by atoms with Crippen LogP contribution in [0.1, 0.15) is 32.4 Å². The molecule has 0 amide bonds. The van der Waals surface area contributed by atoms with E-state index in [4.69, 9.17) is 9.47 Å². The number of aromatic amines is 1. The van der Waals surface area contributed by atoms with E-state index in [9.17, 15) is 9.59 Å². The largest absolute Gasteiger partial charge is 0.486 e. The van der Waals surface area contributed by atoms with E-state index in [1.807, 2.05) is 35.8 Å². The number of nitrogens with zero attached hydrogens (tertiary/aromatic N) is 4. The summed E-state index contributed by atoms with van der Waals surface area (Å²) in [5.74, 6) is 1.79. The number of carbonyl (C=O) groups is 1. The summed E-state index contributed by atoms with van der Waals surface area (Å²) in [6, 6.07) is 7.80. The molecule has 11 heteroatoms. The number of allylic oxidation sites excluding steroid dienone is 1. The first-order valence-electron chi connectivity index (χ1n) is 10.4. The Morgan fingerprint density at radius 2 is 2.15 bits per heavy atom. The van der Waals surface area contributed by atoms with Crippen LogP contribution >= 0.6 is 23.1 Å². The molecule has 0 aliphatic carbocycles. The van der Waals surface area contributed by atoms with Crippen LogP contribution in [0.25, 0.3) is 10.2 Å². The van der Waals surface area contributed by atoms with Crippen molar-refractivity contribution < 1.29 is 14.3 Å². The van der Waals surface area contributed by atoms with Crippen molar-refractivity contribution >= 4 is 39.3 Å². The summed E-state index contributed by atoms with van der Waals surface area (Å²) in [7, 11) is 1.31. The van der Waals surface area contributed by atoms with Crippen molar-refractivity contribution in [3.63, 3.8) is 0 Å². The molecule has 3 aromatic heterocycles. The van der Waals surface area contributed by atoms with Gasteiger partial charge < -0.3 is 14.5 Å². The van der Waals surface area contributed by atoms with Crippen molar-refractivity contribution in [2.45, 2.75) is 37.9 Å². The molecule has 0 fully saturated rings. The lowest BCUT2D eigenvalue weighted by Gasteiger charge is -2.09. The fraction of sp³-hybridized carbons (Fsp3) is 0.261. The molecule has 4 aromatic rings.